The van der Waals surface area contributed by atoms with Crippen LogP contribution in [0.25, 0.3) is 0 Å². The maximum absolute atomic E-state index is 12.7. The molecular formula is C18H22F3N5O2. The summed E-state index contributed by atoms with van der Waals surface area (Å²) in [6, 6.07) is 2.42. The van der Waals surface area contributed by atoms with Gasteiger partial charge < -0.3 is 14.3 Å². The van der Waals surface area contributed by atoms with Gasteiger partial charge >= 0.3 is 6.18 Å². The number of aromatic nitrogens is 3. The lowest BCUT2D eigenvalue weighted by molar-refractivity contribution is -0.137. The minimum absolute atomic E-state index is 0.0541. The molecule has 1 aliphatic rings. The third-order valence-corrected chi connectivity index (χ3v) is 4.60. The molecule has 3 heterocycles. The van der Waals surface area contributed by atoms with Gasteiger partial charge in [0.15, 0.2) is 5.82 Å². The van der Waals surface area contributed by atoms with Crippen molar-refractivity contribution in [3.05, 3.63) is 35.6 Å². The van der Waals surface area contributed by atoms with Crippen LogP contribution in [0.15, 0.2) is 22.9 Å². The van der Waals surface area contributed by atoms with Crippen LogP contribution in [0.5, 0.6) is 0 Å². The average Bonchev–Trinajstić information content (AvgIpc) is 2.92. The van der Waals surface area contributed by atoms with Crippen LogP contribution in [0.2, 0.25) is 0 Å². The second-order valence-corrected chi connectivity index (χ2v) is 6.71. The van der Waals surface area contributed by atoms with E-state index in [4.69, 9.17) is 4.52 Å². The lowest BCUT2D eigenvalue weighted by atomic mass is 10.2. The molecule has 0 aliphatic carbocycles. The molecule has 0 N–H and O–H groups in total. The number of halogens is 3. The highest BCUT2D eigenvalue weighted by molar-refractivity contribution is 5.76. The Morgan fingerprint density at radius 3 is 2.68 bits per heavy atom. The number of carbonyl (C=O) groups is 1. The van der Waals surface area contributed by atoms with Gasteiger partial charge in [-0.1, -0.05) is 5.16 Å². The molecule has 0 atom stereocenters. The van der Waals surface area contributed by atoms with E-state index in [-0.39, 0.29) is 5.91 Å². The lowest BCUT2D eigenvalue weighted by Crippen LogP contribution is -2.35. The van der Waals surface area contributed by atoms with Gasteiger partial charge in [-0.05, 0) is 31.9 Å². The van der Waals surface area contributed by atoms with E-state index in [1.165, 1.54) is 6.07 Å². The average molecular weight is 397 g/mol. The second-order valence-electron chi connectivity index (χ2n) is 6.71. The summed E-state index contributed by atoms with van der Waals surface area (Å²) in [5, 5.41) is 3.72. The number of amides is 1. The minimum Gasteiger partial charge on any atom is -0.355 e. The maximum Gasteiger partial charge on any atom is 0.417 e. The van der Waals surface area contributed by atoms with E-state index in [0.29, 0.717) is 63.0 Å². The molecule has 7 nitrogen and oxygen atoms in total. The predicted molar refractivity (Wildman–Crippen MR) is 94.6 cm³/mol. The Hall–Kier alpha value is -2.65. The van der Waals surface area contributed by atoms with Crippen molar-refractivity contribution >= 4 is 11.7 Å². The Labute approximate surface area is 160 Å². The van der Waals surface area contributed by atoms with E-state index < -0.39 is 11.7 Å². The summed E-state index contributed by atoms with van der Waals surface area (Å²) in [6.07, 6.45) is -1.24. The van der Waals surface area contributed by atoms with E-state index in [1.807, 2.05) is 4.90 Å². The molecule has 0 bridgehead atoms. The van der Waals surface area contributed by atoms with Gasteiger partial charge in [0.05, 0.1) is 5.56 Å². The zero-order chi connectivity index (χ0) is 20.1. The molecule has 0 aromatic carbocycles. The molecule has 1 fully saturated rings. The largest absolute Gasteiger partial charge is 0.417 e. The van der Waals surface area contributed by atoms with E-state index in [9.17, 15) is 18.0 Å². The molecule has 0 saturated carbocycles. The van der Waals surface area contributed by atoms with Crippen LogP contribution in [0.4, 0.5) is 19.0 Å². The van der Waals surface area contributed by atoms with Gasteiger partial charge in [-0.3, -0.25) is 4.79 Å². The van der Waals surface area contributed by atoms with Crippen LogP contribution in [-0.2, 0) is 17.4 Å². The van der Waals surface area contributed by atoms with Crippen molar-refractivity contribution in [1.82, 2.24) is 20.0 Å². The molecule has 1 aliphatic heterocycles. The fourth-order valence-electron chi connectivity index (χ4n) is 3.13. The second kappa shape index (κ2) is 8.57. The normalized spacial score (nSPS) is 15.6. The number of carbonyl (C=O) groups excluding carboxylic acids is 1. The fourth-order valence-corrected chi connectivity index (χ4v) is 3.13. The van der Waals surface area contributed by atoms with Crippen molar-refractivity contribution in [3.8, 4) is 0 Å². The molecule has 152 valence electrons. The highest BCUT2D eigenvalue weighted by Crippen LogP contribution is 2.29. The van der Waals surface area contributed by atoms with Crippen LogP contribution in [0.3, 0.4) is 0 Å². The number of pyridine rings is 1. The summed E-state index contributed by atoms with van der Waals surface area (Å²) in [5.41, 5.74) is -0.765. The van der Waals surface area contributed by atoms with Gasteiger partial charge in [0.2, 0.25) is 11.8 Å². The predicted octanol–water partition coefficient (Wildman–Crippen LogP) is 2.85. The van der Waals surface area contributed by atoms with Crippen molar-refractivity contribution < 1.29 is 22.5 Å². The standard InChI is InChI=1S/C18H22F3N5O2/c1-13-23-16(28-24-13)4-2-5-17(27)26-9-3-8-25(10-11-26)15-7-6-14(12-22-15)18(19,20)21/h6-7,12H,2-5,8-11H2,1H3. The number of anilines is 1. The quantitative estimate of drug-likeness (QED) is 0.772. The van der Waals surface area contributed by atoms with Crippen molar-refractivity contribution in [2.24, 2.45) is 0 Å². The number of hydrogen-bond donors (Lipinski definition) is 0. The SMILES string of the molecule is Cc1noc(CCCC(=O)N2CCCN(c3ccc(C(F)(F)F)cn3)CC2)n1. The highest BCUT2D eigenvalue weighted by Gasteiger charge is 2.31. The Morgan fingerprint density at radius 1 is 1.21 bits per heavy atom. The van der Waals surface area contributed by atoms with Gasteiger partial charge in [0.25, 0.3) is 0 Å². The molecule has 0 radical (unpaired) electrons. The van der Waals surface area contributed by atoms with E-state index in [2.05, 4.69) is 15.1 Å². The van der Waals surface area contributed by atoms with E-state index in [1.54, 1.807) is 11.8 Å². The first-order chi connectivity index (χ1) is 13.3. The number of hydrogen-bond acceptors (Lipinski definition) is 6. The van der Waals surface area contributed by atoms with E-state index >= 15 is 0 Å². The molecule has 0 unspecified atom stereocenters. The van der Waals surface area contributed by atoms with Crippen molar-refractivity contribution in [2.75, 3.05) is 31.1 Å². The summed E-state index contributed by atoms with van der Waals surface area (Å²) in [6.45, 7) is 4.06. The molecule has 10 heteroatoms. The Kier molecular flexibility index (Phi) is 6.15. The zero-order valence-corrected chi connectivity index (χ0v) is 15.6. The molecule has 28 heavy (non-hydrogen) atoms. The van der Waals surface area contributed by atoms with Crippen LogP contribution in [-0.4, -0.2) is 52.1 Å². The number of aryl methyl sites for hydroxylation is 2. The fraction of sp³-hybridized carbons (Fsp3) is 0.556. The zero-order valence-electron chi connectivity index (χ0n) is 15.6. The number of nitrogens with zero attached hydrogens (tertiary/aromatic N) is 5. The smallest absolute Gasteiger partial charge is 0.355 e. The topological polar surface area (TPSA) is 75.4 Å². The molecule has 0 spiro atoms. The summed E-state index contributed by atoms with van der Waals surface area (Å²) >= 11 is 0. The lowest BCUT2D eigenvalue weighted by Gasteiger charge is -2.23. The van der Waals surface area contributed by atoms with Crippen molar-refractivity contribution in [3.63, 3.8) is 0 Å². The van der Waals surface area contributed by atoms with Crippen molar-refractivity contribution in [1.29, 1.82) is 0 Å². The molecule has 1 amide bonds. The molecule has 2 aromatic heterocycles. The molecule has 3 rings (SSSR count). The van der Waals surface area contributed by atoms with Crippen LogP contribution >= 0.6 is 0 Å². The Bertz CT molecular complexity index is 791. The number of rotatable bonds is 5. The first-order valence-corrected chi connectivity index (χ1v) is 9.18. The van der Waals surface area contributed by atoms with Gasteiger partial charge in [0.1, 0.15) is 5.82 Å². The van der Waals surface area contributed by atoms with Crippen LogP contribution in [0, 0.1) is 6.92 Å². The maximum atomic E-state index is 12.7. The monoisotopic (exact) mass is 397 g/mol. The summed E-state index contributed by atoms with van der Waals surface area (Å²) in [5.74, 6) is 1.65. The van der Waals surface area contributed by atoms with Gasteiger partial charge in [-0.25, -0.2) is 4.98 Å². The molecule has 2 aromatic rings. The third-order valence-electron chi connectivity index (χ3n) is 4.60. The van der Waals surface area contributed by atoms with Crippen LogP contribution in [0.1, 0.15) is 36.5 Å². The van der Waals surface area contributed by atoms with Gasteiger partial charge in [-0.15, -0.1) is 0 Å². The molecular weight excluding hydrogens is 375 g/mol. The summed E-state index contributed by atoms with van der Waals surface area (Å²) in [7, 11) is 0. The highest BCUT2D eigenvalue weighted by atomic mass is 19.4. The van der Waals surface area contributed by atoms with Crippen molar-refractivity contribution in [2.45, 2.75) is 38.8 Å². The van der Waals surface area contributed by atoms with Gasteiger partial charge in [-0.2, -0.15) is 18.2 Å². The van der Waals surface area contributed by atoms with Crippen LogP contribution < -0.4 is 4.90 Å². The minimum atomic E-state index is -4.40. The third kappa shape index (κ3) is 5.20. The van der Waals surface area contributed by atoms with E-state index in [0.717, 1.165) is 18.7 Å². The Morgan fingerprint density at radius 2 is 2.04 bits per heavy atom. The first kappa shape index (κ1) is 20.1. The molecule has 1 saturated heterocycles. The van der Waals surface area contributed by atoms with Gasteiger partial charge in [0, 0.05) is 45.2 Å². The number of alkyl halides is 3. The summed E-state index contributed by atoms with van der Waals surface area (Å²) in [4.78, 5) is 24.2. The summed E-state index contributed by atoms with van der Waals surface area (Å²) < 4.78 is 43.0. The first-order valence-electron chi connectivity index (χ1n) is 9.18. The Balaban J connectivity index is 1.49.